The van der Waals surface area contributed by atoms with Crippen LogP contribution < -0.4 is 10.2 Å². The number of anilines is 1. The van der Waals surface area contributed by atoms with Crippen LogP contribution in [-0.2, 0) is 15.6 Å². The largest absolute Gasteiger partial charge is 0.465 e. The van der Waals surface area contributed by atoms with Crippen molar-refractivity contribution in [1.29, 1.82) is 0 Å². The van der Waals surface area contributed by atoms with Crippen molar-refractivity contribution in [3.8, 4) is 0 Å². The highest BCUT2D eigenvalue weighted by atomic mass is 31.1. The van der Waals surface area contributed by atoms with E-state index in [-0.39, 0.29) is 6.54 Å². The maximum absolute atomic E-state index is 11.8. The zero-order valence-electron chi connectivity index (χ0n) is 12.2. The zero-order chi connectivity index (χ0) is 15.9. The Morgan fingerprint density at radius 1 is 1.14 bits per heavy atom. The van der Waals surface area contributed by atoms with Crippen LogP contribution in [0.15, 0.2) is 54.6 Å². The fourth-order valence-electron chi connectivity index (χ4n) is 2.03. The van der Waals surface area contributed by atoms with E-state index in [1.165, 1.54) is 4.90 Å². The van der Waals surface area contributed by atoms with Crippen LogP contribution in [-0.4, -0.2) is 17.8 Å². The molecule has 2 aromatic rings. The van der Waals surface area contributed by atoms with Crippen molar-refractivity contribution in [2.24, 2.45) is 0 Å². The van der Waals surface area contributed by atoms with Gasteiger partial charge in [0.1, 0.15) is 0 Å². The van der Waals surface area contributed by atoms with Gasteiger partial charge in [-0.25, -0.2) is 4.79 Å². The molecule has 0 bridgehead atoms. The van der Waals surface area contributed by atoms with Gasteiger partial charge in [0.2, 0.25) is 8.03 Å². The molecule has 1 unspecified atom stereocenters. The fourth-order valence-corrected chi connectivity index (χ4v) is 2.89. The molecular weight excluding hydrogens is 301 g/mol. The number of amides is 1. The van der Waals surface area contributed by atoms with Gasteiger partial charge in [-0.15, -0.1) is 0 Å². The average Bonchev–Trinajstić information content (AvgIpc) is 2.54. The van der Waals surface area contributed by atoms with Gasteiger partial charge in [0, 0.05) is 11.0 Å². The highest BCUT2D eigenvalue weighted by Crippen LogP contribution is 2.24. The summed E-state index contributed by atoms with van der Waals surface area (Å²) in [5.74, 6) is 0. The van der Waals surface area contributed by atoms with Crippen molar-refractivity contribution in [3.63, 3.8) is 0 Å². The number of rotatable bonds is 6. The van der Waals surface area contributed by atoms with E-state index in [1.807, 2.05) is 30.3 Å². The second-order valence-electron chi connectivity index (χ2n) is 4.62. The van der Waals surface area contributed by atoms with Crippen molar-refractivity contribution < 1.29 is 19.0 Å². The summed E-state index contributed by atoms with van der Waals surface area (Å²) in [5, 5.41) is 9.98. The van der Waals surface area contributed by atoms with E-state index in [4.69, 9.17) is 4.52 Å². The lowest BCUT2D eigenvalue weighted by Gasteiger charge is -2.19. The smallest absolute Gasteiger partial charge is 0.412 e. The van der Waals surface area contributed by atoms with E-state index in [0.29, 0.717) is 17.6 Å². The molecular formula is C16H18NO4P. The van der Waals surface area contributed by atoms with Crippen molar-refractivity contribution in [2.75, 3.05) is 11.5 Å². The van der Waals surface area contributed by atoms with Gasteiger partial charge in [0.15, 0.2) is 0 Å². The molecule has 0 aliphatic rings. The van der Waals surface area contributed by atoms with E-state index < -0.39 is 14.1 Å². The SMILES string of the molecule is CCO[PH](=O)c1ccc(N(Cc2ccccc2)C(=O)O)cc1. The van der Waals surface area contributed by atoms with Crippen LogP contribution in [0.4, 0.5) is 10.5 Å². The Morgan fingerprint density at radius 3 is 2.32 bits per heavy atom. The first-order valence-electron chi connectivity index (χ1n) is 6.93. The Labute approximate surface area is 130 Å². The molecule has 2 aromatic carbocycles. The normalized spacial score (nSPS) is 11.9. The van der Waals surface area contributed by atoms with Gasteiger partial charge in [-0.2, -0.15) is 0 Å². The summed E-state index contributed by atoms with van der Waals surface area (Å²) in [6, 6.07) is 16.0. The van der Waals surface area contributed by atoms with E-state index in [1.54, 1.807) is 31.2 Å². The first kappa shape index (κ1) is 16.3. The zero-order valence-corrected chi connectivity index (χ0v) is 13.2. The molecule has 0 radical (unpaired) electrons. The lowest BCUT2D eigenvalue weighted by Crippen LogP contribution is -2.28. The molecule has 22 heavy (non-hydrogen) atoms. The Bertz CT molecular complexity index is 643. The number of hydrogen-bond acceptors (Lipinski definition) is 3. The Kier molecular flexibility index (Phi) is 5.75. The molecule has 0 spiro atoms. The molecule has 2 rings (SSSR count). The van der Waals surface area contributed by atoms with Crippen molar-refractivity contribution >= 4 is 25.1 Å². The molecule has 1 amide bonds. The van der Waals surface area contributed by atoms with Gasteiger partial charge in [0.25, 0.3) is 0 Å². The topological polar surface area (TPSA) is 66.8 Å². The summed E-state index contributed by atoms with van der Waals surface area (Å²) in [5.41, 5.74) is 1.43. The van der Waals surface area contributed by atoms with Crippen LogP contribution in [0.25, 0.3) is 0 Å². The number of benzene rings is 2. The molecule has 6 heteroatoms. The third-order valence-electron chi connectivity index (χ3n) is 3.10. The predicted octanol–water partition coefficient (Wildman–Crippen LogP) is 3.51. The van der Waals surface area contributed by atoms with E-state index >= 15 is 0 Å². The molecule has 5 nitrogen and oxygen atoms in total. The van der Waals surface area contributed by atoms with Crippen LogP contribution in [0.3, 0.4) is 0 Å². The van der Waals surface area contributed by atoms with Crippen molar-refractivity contribution in [1.82, 2.24) is 0 Å². The minimum atomic E-state index is -2.25. The summed E-state index contributed by atoms with van der Waals surface area (Å²) < 4.78 is 16.9. The third kappa shape index (κ3) is 4.20. The summed E-state index contributed by atoms with van der Waals surface area (Å²) >= 11 is 0. The predicted molar refractivity (Wildman–Crippen MR) is 87.4 cm³/mol. The quantitative estimate of drug-likeness (QED) is 0.827. The number of hydrogen-bond donors (Lipinski definition) is 1. The second kappa shape index (κ2) is 7.78. The molecule has 0 heterocycles. The summed E-state index contributed by atoms with van der Waals surface area (Å²) in [6.45, 7) is 2.42. The highest BCUT2D eigenvalue weighted by molar-refractivity contribution is 7.48. The standard InChI is InChI=1S/C16H18NO4P/c1-2-21-22(20)15-10-8-14(9-11-15)17(16(18)19)12-13-6-4-3-5-7-13/h3-11,22H,2,12H2,1H3,(H,18,19). The molecule has 1 N–H and O–H groups in total. The Balaban J connectivity index is 2.19. The van der Waals surface area contributed by atoms with Gasteiger partial charge in [-0.3, -0.25) is 9.46 Å². The first-order valence-corrected chi connectivity index (χ1v) is 8.25. The third-order valence-corrected chi connectivity index (χ3v) is 4.46. The summed E-state index contributed by atoms with van der Waals surface area (Å²) in [4.78, 5) is 12.7. The maximum Gasteiger partial charge on any atom is 0.412 e. The van der Waals surface area contributed by atoms with Gasteiger partial charge >= 0.3 is 6.09 Å². The van der Waals surface area contributed by atoms with Gasteiger partial charge in [-0.1, -0.05) is 30.3 Å². The average molecular weight is 319 g/mol. The van der Waals surface area contributed by atoms with Crippen LogP contribution in [0.5, 0.6) is 0 Å². The highest BCUT2D eigenvalue weighted by Gasteiger charge is 2.15. The first-order chi connectivity index (χ1) is 10.6. The van der Waals surface area contributed by atoms with E-state index in [2.05, 4.69) is 0 Å². The maximum atomic E-state index is 11.8. The number of carbonyl (C=O) groups is 1. The minimum absolute atomic E-state index is 0.260. The van der Waals surface area contributed by atoms with Crippen LogP contribution >= 0.6 is 8.03 Å². The number of carboxylic acid groups (broad SMARTS) is 1. The van der Waals surface area contributed by atoms with Crippen LogP contribution in [0, 0.1) is 0 Å². The summed E-state index contributed by atoms with van der Waals surface area (Å²) in [6.07, 6.45) is -1.03. The van der Waals surface area contributed by atoms with Gasteiger partial charge < -0.3 is 9.63 Å². The molecule has 116 valence electrons. The second-order valence-corrected chi connectivity index (χ2v) is 6.06. The Hall–Kier alpha value is -2.10. The van der Waals surface area contributed by atoms with E-state index in [9.17, 15) is 14.5 Å². The summed E-state index contributed by atoms with van der Waals surface area (Å²) in [7, 11) is -2.25. The molecule has 0 aliphatic carbocycles. The monoisotopic (exact) mass is 319 g/mol. The lowest BCUT2D eigenvalue weighted by molar-refractivity contribution is 0.201. The minimum Gasteiger partial charge on any atom is -0.465 e. The molecule has 1 atom stereocenters. The van der Waals surface area contributed by atoms with Gasteiger partial charge in [-0.05, 0) is 36.8 Å². The van der Waals surface area contributed by atoms with Crippen LogP contribution in [0.2, 0.25) is 0 Å². The molecule has 0 aliphatic heterocycles. The van der Waals surface area contributed by atoms with Crippen molar-refractivity contribution in [2.45, 2.75) is 13.5 Å². The lowest BCUT2D eigenvalue weighted by atomic mass is 10.2. The molecule has 0 fully saturated rings. The van der Waals surface area contributed by atoms with Crippen LogP contribution in [0.1, 0.15) is 12.5 Å². The fraction of sp³-hybridized carbons (Fsp3) is 0.188. The van der Waals surface area contributed by atoms with Gasteiger partial charge in [0.05, 0.1) is 13.2 Å². The van der Waals surface area contributed by atoms with E-state index in [0.717, 1.165) is 5.56 Å². The molecule has 0 aromatic heterocycles. The molecule has 0 saturated carbocycles. The Morgan fingerprint density at radius 2 is 1.77 bits per heavy atom. The molecule has 0 saturated heterocycles. The number of nitrogens with zero attached hydrogens (tertiary/aromatic N) is 1. The van der Waals surface area contributed by atoms with Crippen molar-refractivity contribution in [3.05, 3.63) is 60.2 Å².